The van der Waals surface area contributed by atoms with Crippen molar-refractivity contribution >= 4 is 35.2 Å². The van der Waals surface area contributed by atoms with Crippen molar-refractivity contribution in [2.24, 2.45) is 5.92 Å². The van der Waals surface area contributed by atoms with Gasteiger partial charge in [0.15, 0.2) is 12.5 Å². The number of nitrogens with one attached hydrogen (secondary N) is 2. The summed E-state index contributed by atoms with van der Waals surface area (Å²) in [5.41, 5.74) is 0.671. The number of thioether (sulfide) groups is 1. The van der Waals surface area contributed by atoms with Crippen LogP contribution in [0.25, 0.3) is 0 Å². The van der Waals surface area contributed by atoms with Gasteiger partial charge in [0.25, 0.3) is 12.3 Å². The molecule has 2 N–H and O–H groups in total. The molecule has 2 aliphatic rings. The number of amides is 3. The predicted octanol–water partition coefficient (Wildman–Crippen LogP) is 1.84. The lowest BCUT2D eigenvalue weighted by molar-refractivity contribution is -0.135. The number of carbonyl (C=O) groups excluding carboxylic acids is 3. The minimum atomic E-state index is -2.74. The Labute approximate surface area is 232 Å². The van der Waals surface area contributed by atoms with E-state index < -0.39 is 34.9 Å². The van der Waals surface area contributed by atoms with Crippen molar-refractivity contribution in [3.8, 4) is 11.8 Å². The molecule has 3 atom stereocenters. The van der Waals surface area contributed by atoms with Gasteiger partial charge in [0.05, 0.1) is 12.6 Å². The molecule has 0 bridgehead atoms. The monoisotopic (exact) mass is 566 g/mol. The molecule has 13 heteroatoms. The number of piperazine rings is 1. The number of ether oxygens (including phenoxy) is 1. The average molecular weight is 567 g/mol. The van der Waals surface area contributed by atoms with Gasteiger partial charge >= 0.3 is 0 Å². The zero-order valence-electron chi connectivity index (χ0n) is 22.5. The van der Waals surface area contributed by atoms with Gasteiger partial charge in [-0.1, -0.05) is 13.0 Å². The maximum atomic E-state index is 13.3. The van der Waals surface area contributed by atoms with Crippen LogP contribution >= 0.6 is 11.8 Å². The molecule has 0 spiro atoms. The smallest absolute Gasteiger partial charge is 0.260 e. The molecule has 214 valence electrons. The molecule has 3 unspecified atom stereocenters. The van der Waals surface area contributed by atoms with Crippen molar-refractivity contribution in [3.63, 3.8) is 0 Å². The van der Waals surface area contributed by atoms with Crippen molar-refractivity contribution in [2.75, 3.05) is 64.3 Å². The van der Waals surface area contributed by atoms with E-state index in [1.807, 2.05) is 6.07 Å². The first kappa shape index (κ1) is 30.4. The number of alkyl halides is 2. The number of anilines is 1. The predicted molar refractivity (Wildman–Crippen MR) is 144 cm³/mol. The van der Waals surface area contributed by atoms with Crippen LogP contribution < -0.4 is 15.4 Å². The van der Waals surface area contributed by atoms with Crippen LogP contribution in [0, 0.1) is 17.2 Å². The molecule has 1 aromatic carbocycles. The maximum absolute atomic E-state index is 13.3. The zero-order valence-corrected chi connectivity index (χ0v) is 23.3. The van der Waals surface area contributed by atoms with Crippen molar-refractivity contribution in [1.29, 1.82) is 5.26 Å². The number of hydrogen-bond acceptors (Lipinski definition) is 8. The lowest BCUT2D eigenvalue weighted by atomic mass is 10.1. The number of carbonyl (C=O) groups is 3. The fraction of sp³-hybridized carbons (Fsp3) is 0.615. The van der Waals surface area contributed by atoms with Gasteiger partial charge < -0.3 is 30.1 Å². The van der Waals surface area contributed by atoms with Gasteiger partial charge in [0.1, 0.15) is 15.9 Å². The minimum absolute atomic E-state index is 0.0695. The third kappa shape index (κ3) is 7.73. The fourth-order valence-electron chi connectivity index (χ4n) is 4.54. The largest absolute Gasteiger partial charge is 0.484 e. The summed E-state index contributed by atoms with van der Waals surface area (Å²) in [6, 6.07) is 8.94. The van der Waals surface area contributed by atoms with Gasteiger partial charge in [-0.15, -0.1) is 11.8 Å². The molecule has 2 saturated heterocycles. The van der Waals surface area contributed by atoms with E-state index in [9.17, 15) is 28.4 Å². The van der Waals surface area contributed by atoms with Crippen LogP contribution in [0.3, 0.4) is 0 Å². The van der Waals surface area contributed by atoms with E-state index in [0.717, 1.165) is 31.4 Å². The van der Waals surface area contributed by atoms with Crippen LogP contribution in [-0.2, 0) is 14.4 Å². The summed E-state index contributed by atoms with van der Waals surface area (Å²) in [6.07, 6.45) is -2.74. The lowest BCUT2D eigenvalue weighted by Gasteiger charge is -2.33. The quantitative estimate of drug-likeness (QED) is 0.394. The Hall–Kier alpha value is -3.11. The Morgan fingerprint density at radius 1 is 1.23 bits per heavy atom. The Morgan fingerprint density at radius 2 is 1.95 bits per heavy atom. The molecule has 2 fully saturated rings. The number of nitriles is 1. The summed E-state index contributed by atoms with van der Waals surface area (Å²) < 4.78 is 29.8. The lowest BCUT2D eigenvalue weighted by Crippen LogP contribution is -2.49. The van der Waals surface area contributed by atoms with Crippen LogP contribution in [-0.4, -0.2) is 108 Å². The van der Waals surface area contributed by atoms with Crippen molar-refractivity contribution in [1.82, 2.24) is 20.0 Å². The maximum Gasteiger partial charge on any atom is 0.260 e. The third-order valence-electron chi connectivity index (χ3n) is 6.88. The average Bonchev–Trinajstić information content (AvgIpc) is 3.19. The third-order valence-corrected chi connectivity index (χ3v) is 8.49. The molecule has 39 heavy (non-hydrogen) atoms. The van der Waals surface area contributed by atoms with Crippen LogP contribution in [0.5, 0.6) is 5.75 Å². The standard InChI is InChI=1S/C26H36F2N6O4S/c1-4-32-9-11-33(12-10-32)22(35)16-38-19-8-6-7-18(13-19)31-17-26(3)25(37)34(5-2)24(39-26)20(14-29)23(36)30-15-21(27)28/h6-8,13,20-21,24,31H,4-5,9-12,15-17H2,1-3H3,(H,30,36). The van der Waals surface area contributed by atoms with Crippen molar-refractivity contribution in [3.05, 3.63) is 24.3 Å². The number of nitrogens with zero attached hydrogens (tertiary/aromatic N) is 4. The van der Waals surface area contributed by atoms with E-state index in [0.29, 0.717) is 24.5 Å². The van der Waals surface area contributed by atoms with E-state index in [1.165, 1.54) is 4.90 Å². The van der Waals surface area contributed by atoms with E-state index in [2.05, 4.69) is 22.5 Å². The van der Waals surface area contributed by atoms with Gasteiger partial charge in [-0.25, -0.2) is 8.78 Å². The van der Waals surface area contributed by atoms with Crippen LogP contribution in [0.2, 0.25) is 0 Å². The second-order valence-corrected chi connectivity index (χ2v) is 11.2. The first-order valence-electron chi connectivity index (χ1n) is 13.0. The SMILES string of the molecule is CCN1CCN(C(=O)COc2cccc(NCC3(C)SC(C(C#N)C(=O)NCC(F)F)N(CC)C3=O)c2)CC1. The topological polar surface area (TPSA) is 118 Å². The molecular formula is C26H36F2N6O4S. The van der Waals surface area contributed by atoms with Crippen molar-refractivity contribution < 1.29 is 27.9 Å². The van der Waals surface area contributed by atoms with Crippen LogP contribution in [0.4, 0.5) is 14.5 Å². The Bertz CT molecular complexity index is 1070. The number of halogens is 2. The first-order valence-corrected chi connectivity index (χ1v) is 13.9. The van der Waals surface area contributed by atoms with Crippen LogP contribution in [0.1, 0.15) is 20.8 Å². The highest BCUT2D eigenvalue weighted by Gasteiger charge is 2.52. The molecule has 10 nitrogen and oxygen atoms in total. The first-order chi connectivity index (χ1) is 18.6. The van der Waals surface area contributed by atoms with Gasteiger partial charge in [-0.3, -0.25) is 14.4 Å². The van der Waals surface area contributed by atoms with Gasteiger partial charge in [-0.2, -0.15) is 5.26 Å². The minimum Gasteiger partial charge on any atom is -0.484 e. The fourth-order valence-corrected chi connectivity index (χ4v) is 6.14. The van der Waals surface area contributed by atoms with E-state index >= 15 is 0 Å². The van der Waals surface area contributed by atoms with Gasteiger partial charge in [-0.05, 0) is 32.5 Å². The molecular weight excluding hydrogens is 530 g/mol. The second kappa shape index (κ2) is 13.8. The highest BCUT2D eigenvalue weighted by Crippen LogP contribution is 2.44. The van der Waals surface area contributed by atoms with E-state index in [1.54, 1.807) is 43.0 Å². The number of hydrogen-bond donors (Lipinski definition) is 2. The summed E-state index contributed by atoms with van der Waals surface area (Å²) in [6.45, 7) is 9.10. The molecule has 0 saturated carbocycles. The Kier molecular flexibility index (Phi) is 10.8. The van der Waals surface area contributed by atoms with Gasteiger partial charge in [0.2, 0.25) is 11.8 Å². The molecule has 2 aliphatic heterocycles. The molecule has 0 aromatic heterocycles. The Balaban J connectivity index is 1.58. The normalized spacial score (nSPS) is 22.5. The van der Waals surface area contributed by atoms with Crippen LogP contribution in [0.15, 0.2) is 24.3 Å². The molecule has 0 radical (unpaired) electrons. The molecule has 2 heterocycles. The summed E-state index contributed by atoms with van der Waals surface area (Å²) in [5.74, 6) is -1.94. The molecule has 3 rings (SSSR count). The summed E-state index contributed by atoms with van der Waals surface area (Å²) in [5, 5.41) is 14.1. The summed E-state index contributed by atoms with van der Waals surface area (Å²) in [4.78, 5) is 43.8. The molecule has 0 aliphatic carbocycles. The molecule has 3 amide bonds. The second-order valence-electron chi connectivity index (χ2n) is 9.56. The number of benzene rings is 1. The van der Waals surface area contributed by atoms with E-state index in [4.69, 9.17) is 4.74 Å². The highest BCUT2D eigenvalue weighted by molar-refractivity contribution is 8.02. The van der Waals surface area contributed by atoms with Gasteiger partial charge in [0, 0.05) is 51.0 Å². The summed E-state index contributed by atoms with van der Waals surface area (Å²) >= 11 is 1.16. The number of rotatable bonds is 12. The summed E-state index contributed by atoms with van der Waals surface area (Å²) in [7, 11) is 0. The zero-order chi connectivity index (χ0) is 28.6. The van der Waals surface area contributed by atoms with Crippen molar-refractivity contribution in [2.45, 2.75) is 37.3 Å². The molecule has 1 aromatic rings. The highest BCUT2D eigenvalue weighted by atomic mass is 32.2. The van der Waals surface area contributed by atoms with E-state index in [-0.39, 0.29) is 31.5 Å². The number of likely N-dealkylation sites (N-methyl/N-ethyl adjacent to an activating group) is 1. The Morgan fingerprint density at radius 3 is 2.56 bits per heavy atom.